The maximum absolute atomic E-state index is 12.5. The lowest BCUT2D eigenvalue weighted by molar-refractivity contribution is 0.0930. The second-order valence-corrected chi connectivity index (χ2v) is 7.51. The highest BCUT2D eigenvalue weighted by Gasteiger charge is 2.21. The van der Waals surface area contributed by atoms with E-state index < -0.39 is 0 Å². The van der Waals surface area contributed by atoms with Gasteiger partial charge in [0.25, 0.3) is 11.8 Å². The van der Waals surface area contributed by atoms with Crippen molar-refractivity contribution >= 4 is 28.3 Å². The Balaban J connectivity index is 1.68. The Hall–Kier alpha value is -2.21. The molecule has 3 rings (SSSR count). The third-order valence-electron chi connectivity index (χ3n) is 4.55. The maximum Gasteiger partial charge on any atom is 0.263 e. The molecule has 0 unspecified atom stereocenters. The van der Waals surface area contributed by atoms with Gasteiger partial charge in [0.15, 0.2) is 5.13 Å². The van der Waals surface area contributed by atoms with Crippen LogP contribution in [0.3, 0.4) is 0 Å². The van der Waals surface area contributed by atoms with Gasteiger partial charge in [0.05, 0.1) is 5.69 Å². The molecule has 132 valence electrons. The molecular weight excluding hydrogens is 334 g/mol. The monoisotopic (exact) mass is 357 g/mol. The number of aryl methyl sites for hydroxylation is 2. The van der Waals surface area contributed by atoms with Gasteiger partial charge in [0.2, 0.25) is 0 Å². The fraction of sp³-hybridized carbons (Fsp3) is 0.421. The molecule has 1 aliphatic carbocycles. The van der Waals surface area contributed by atoms with Gasteiger partial charge in [-0.15, -0.1) is 0 Å². The number of rotatable bonds is 4. The first kappa shape index (κ1) is 17.6. The van der Waals surface area contributed by atoms with Crippen molar-refractivity contribution in [3.05, 3.63) is 46.0 Å². The van der Waals surface area contributed by atoms with E-state index in [1.54, 1.807) is 13.0 Å². The first-order valence-corrected chi connectivity index (χ1v) is 9.51. The number of amides is 2. The van der Waals surface area contributed by atoms with Crippen LogP contribution in [0.4, 0.5) is 5.13 Å². The Morgan fingerprint density at radius 1 is 1.08 bits per heavy atom. The molecule has 1 fully saturated rings. The van der Waals surface area contributed by atoms with Crippen molar-refractivity contribution in [1.29, 1.82) is 0 Å². The topological polar surface area (TPSA) is 71.1 Å². The molecule has 5 nitrogen and oxygen atoms in total. The minimum atomic E-state index is -0.203. The van der Waals surface area contributed by atoms with Crippen molar-refractivity contribution < 1.29 is 9.59 Å². The zero-order valence-corrected chi connectivity index (χ0v) is 15.4. The number of aromatic nitrogens is 1. The van der Waals surface area contributed by atoms with E-state index in [2.05, 4.69) is 15.6 Å². The maximum atomic E-state index is 12.5. The van der Waals surface area contributed by atoms with Crippen molar-refractivity contribution in [2.75, 3.05) is 5.32 Å². The first-order chi connectivity index (χ1) is 12.0. The Bertz CT molecular complexity index is 779. The second kappa shape index (κ2) is 7.78. The molecule has 1 heterocycles. The molecule has 0 spiro atoms. The van der Waals surface area contributed by atoms with Gasteiger partial charge in [0, 0.05) is 11.6 Å². The number of hydrogen-bond acceptors (Lipinski definition) is 4. The van der Waals surface area contributed by atoms with Crippen LogP contribution in [0.1, 0.15) is 63.4 Å². The summed E-state index contributed by atoms with van der Waals surface area (Å²) in [6, 6.07) is 7.66. The van der Waals surface area contributed by atoms with Crippen LogP contribution in [-0.2, 0) is 0 Å². The van der Waals surface area contributed by atoms with Crippen molar-refractivity contribution in [3.63, 3.8) is 0 Å². The molecule has 0 aliphatic heterocycles. The second-order valence-electron chi connectivity index (χ2n) is 6.51. The summed E-state index contributed by atoms with van der Waals surface area (Å²) in [6.45, 7) is 3.70. The number of hydrogen-bond donors (Lipinski definition) is 2. The molecule has 0 radical (unpaired) electrons. The Morgan fingerprint density at radius 3 is 2.52 bits per heavy atom. The average molecular weight is 357 g/mol. The fourth-order valence-electron chi connectivity index (χ4n) is 3.15. The van der Waals surface area contributed by atoms with Crippen LogP contribution in [0, 0.1) is 13.8 Å². The number of nitrogens with one attached hydrogen (secondary N) is 2. The van der Waals surface area contributed by atoms with Crippen LogP contribution in [-0.4, -0.2) is 22.8 Å². The highest BCUT2D eigenvalue weighted by molar-refractivity contribution is 7.17. The van der Waals surface area contributed by atoms with Crippen molar-refractivity contribution in [1.82, 2.24) is 10.3 Å². The highest BCUT2D eigenvalue weighted by Crippen LogP contribution is 2.25. The van der Waals surface area contributed by atoms with Gasteiger partial charge in [-0.2, -0.15) is 0 Å². The molecule has 0 atom stereocenters. The summed E-state index contributed by atoms with van der Waals surface area (Å²) in [4.78, 5) is 29.8. The van der Waals surface area contributed by atoms with Crippen LogP contribution < -0.4 is 10.6 Å². The molecule has 2 aromatic rings. The minimum absolute atomic E-state index is 0.0849. The van der Waals surface area contributed by atoms with Gasteiger partial charge in [0.1, 0.15) is 4.88 Å². The Morgan fingerprint density at radius 2 is 1.80 bits per heavy atom. The van der Waals surface area contributed by atoms with Crippen molar-refractivity contribution in [3.8, 4) is 0 Å². The van der Waals surface area contributed by atoms with E-state index in [9.17, 15) is 9.59 Å². The molecule has 6 heteroatoms. The molecule has 1 saturated carbocycles. The molecular formula is C19H23N3O2S. The van der Waals surface area contributed by atoms with Crippen molar-refractivity contribution in [2.45, 2.75) is 52.0 Å². The standard InChI is InChI=1S/C19H23N3O2S/c1-12-8-6-7-11-15(12)17(23)22-19-20-13(2)16(25-19)18(24)21-14-9-4-3-5-10-14/h6-8,11,14H,3-5,9-10H2,1-2H3,(H,21,24)(H,20,22,23). The number of carbonyl (C=O) groups is 2. The van der Waals surface area contributed by atoms with E-state index in [4.69, 9.17) is 0 Å². The van der Waals surface area contributed by atoms with Gasteiger partial charge < -0.3 is 5.32 Å². The van der Waals surface area contributed by atoms with Crippen LogP contribution >= 0.6 is 11.3 Å². The van der Waals surface area contributed by atoms with Gasteiger partial charge in [-0.25, -0.2) is 4.98 Å². The number of carbonyl (C=O) groups excluding carboxylic acids is 2. The van der Waals surface area contributed by atoms with Gasteiger partial charge in [-0.1, -0.05) is 48.8 Å². The van der Waals surface area contributed by atoms with Crippen LogP contribution in [0.2, 0.25) is 0 Å². The number of nitrogens with zero attached hydrogens (tertiary/aromatic N) is 1. The lowest BCUT2D eigenvalue weighted by Gasteiger charge is -2.22. The normalized spacial score (nSPS) is 15.0. The predicted octanol–water partition coefficient (Wildman–Crippen LogP) is 4.07. The van der Waals surface area contributed by atoms with E-state index in [1.807, 2.05) is 25.1 Å². The fourth-order valence-corrected chi connectivity index (χ4v) is 4.02. The van der Waals surface area contributed by atoms with Crippen LogP contribution in [0.15, 0.2) is 24.3 Å². The molecule has 0 bridgehead atoms. The Kier molecular flexibility index (Phi) is 5.48. The van der Waals surface area contributed by atoms with Gasteiger partial charge >= 0.3 is 0 Å². The third kappa shape index (κ3) is 4.25. The van der Waals surface area contributed by atoms with E-state index in [1.165, 1.54) is 30.6 Å². The predicted molar refractivity (Wildman–Crippen MR) is 100 cm³/mol. The molecule has 2 N–H and O–H groups in total. The average Bonchev–Trinajstić information content (AvgIpc) is 2.96. The van der Waals surface area contributed by atoms with E-state index in [0.717, 1.165) is 18.4 Å². The smallest absolute Gasteiger partial charge is 0.263 e. The molecule has 1 aromatic heterocycles. The molecule has 2 amide bonds. The SMILES string of the molecule is Cc1ccccc1C(=O)Nc1nc(C)c(C(=O)NC2CCCCC2)s1. The Labute approximate surface area is 151 Å². The summed E-state index contributed by atoms with van der Waals surface area (Å²) >= 11 is 1.23. The summed E-state index contributed by atoms with van der Waals surface area (Å²) < 4.78 is 0. The van der Waals surface area contributed by atoms with Crippen LogP contribution in [0.5, 0.6) is 0 Å². The van der Waals surface area contributed by atoms with E-state index in [-0.39, 0.29) is 17.9 Å². The van der Waals surface area contributed by atoms with Crippen molar-refractivity contribution in [2.24, 2.45) is 0 Å². The number of thiazole rings is 1. The lowest BCUT2D eigenvalue weighted by atomic mass is 9.95. The van der Waals surface area contributed by atoms with Crippen LogP contribution in [0.25, 0.3) is 0 Å². The lowest BCUT2D eigenvalue weighted by Crippen LogP contribution is -2.36. The molecule has 25 heavy (non-hydrogen) atoms. The van der Waals surface area contributed by atoms with E-state index >= 15 is 0 Å². The quantitative estimate of drug-likeness (QED) is 0.866. The summed E-state index contributed by atoms with van der Waals surface area (Å²) in [5, 5.41) is 6.37. The third-order valence-corrected chi connectivity index (χ3v) is 5.62. The zero-order chi connectivity index (χ0) is 17.8. The summed E-state index contributed by atoms with van der Waals surface area (Å²) in [5.41, 5.74) is 2.17. The zero-order valence-electron chi connectivity index (χ0n) is 14.6. The molecule has 1 aliphatic rings. The molecule has 0 saturated heterocycles. The summed E-state index contributed by atoms with van der Waals surface area (Å²) in [6.07, 6.45) is 5.68. The molecule has 1 aromatic carbocycles. The first-order valence-electron chi connectivity index (χ1n) is 8.70. The minimum Gasteiger partial charge on any atom is -0.349 e. The largest absolute Gasteiger partial charge is 0.349 e. The number of benzene rings is 1. The van der Waals surface area contributed by atoms with Gasteiger partial charge in [-0.05, 0) is 38.3 Å². The summed E-state index contributed by atoms with van der Waals surface area (Å²) in [7, 11) is 0. The van der Waals surface area contributed by atoms with Gasteiger partial charge in [-0.3, -0.25) is 14.9 Å². The van der Waals surface area contributed by atoms with E-state index in [0.29, 0.717) is 21.3 Å². The highest BCUT2D eigenvalue weighted by atomic mass is 32.1. The number of anilines is 1. The summed E-state index contributed by atoms with van der Waals surface area (Å²) in [5.74, 6) is -0.288.